The lowest BCUT2D eigenvalue weighted by Crippen LogP contribution is -1.83. The van der Waals surface area contributed by atoms with Crippen molar-refractivity contribution >= 4 is 5.78 Å². The molecule has 0 fully saturated rings. The summed E-state index contributed by atoms with van der Waals surface area (Å²) >= 11 is 0. The van der Waals surface area contributed by atoms with Gasteiger partial charge in [-0.3, -0.25) is 4.79 Å². The van der Waals surface area contributed by atoms with Crippen LogP contribution in [0.25, 0.3) is 0 Å². The SMILES string of the molecule is CCCC=CCCC=CCC(C)=O. The van der Waals surface area contributed by atoms with Gasteiger partial charge >= 0.3 is 0 Å². The molecule has 0 N–H and O–H groups in total. The van der Waals surface area contributed by atoms with Crippen LogP contribution in [0.3, 0.4) is 0 Å². The van der Waals surface area contributed by atoms with Gasteiger partial charge in [0.2, 0.25) is 0 Å². The van der Waals surface area contributed by atoms with Gasteiger partial charge in [-0.05, 0) is 26.2 Å². The van der Waals surface area contributed by atoms with Crippen molar-refractivity contribution in [3.8, 4) is 0 Å². The molecule has 74 valence electrons. The van der Waals surface area contributed by atoms with Crippen molar-refractivity contribution in [1.29, 1.82) is 0 Å². The van der Waals surface area contributed by atoms with Gasteiger partial charge in [-0.1, -0.05) is 37.6 Å². The number of hydrogen-bond donors (Lipinski definition) is 0. The van der Waals surface area contributed by atoms with Gasteiger partial charge in [0.25, 0.3) is 0 Å². The first-order valence-electron chi connectivity index (χ1n) is 5.06. The highest BCUT2D eigenvalue weighted by Gasteiger charge is 1.84. The van der Waals surface area contributed by atoms with E-state index >= 15 is 0 Å². The molecule has 0 atom stereocenters. The van der Waals surface area contributed by atoms with E-state index in [0.717, 1.165) is 12.8 Å². The summed E-state index contributed by atoms with van der Waals surface area (Å²) in [5.41, 5.74) is 0. The van der Waals surface area contributed by atoms with Crippen LogP contribution in [0.5, 0.6) is 0 Å². The quantitative estimate of drug-likeness (QED) is 0.431. The summed E-state index contributed by atoms with van der Waals surface area (Å²) in [6.07, 6.45) is 13.6. The first-order valence-corrected chi connectivity index (χ1v) is 5.06. The molecule has 0 spiro atoms. The molecule has 0 saturated carbocycles. The fraction of sp³-hybridized carbons (Fsp3) is 0.583. The molecular formula is C12H20O. The number of unbranched alkanes of at least 4 members (excludes halogenated alkanes) is 2. The van der Waals surface area contributed by atoms with Gasteiger partial charge in [-0.2, -0.15) is 0 Å². The highest BCUT2D eigenvalue weighted by Crippen LogP contribution is 1.97. The van der Waals surface area contributed by atoms with Crippen LogP contribution in [-0.4, -0.2) is 5.78 Å². The molecule has 0 aliphatic rings. The summed E-state index contributed by atoms with van der Waals surface area (Å²) < 4.78 is 0. The molecule has 0 aromatic carbocycles. The van der Waals surface area contributed by atoms with Gasteiger partial charge < -0.3 is 0 Å². The second-order valence-electron chi connectivity index (χ2n) is 3.21. The first kappa shape index (κ1) is 12.2. The van der Waals surface area contributed by atoms with Gasteiger partial charge in [0, 0.05) is 6.42 Å². The Morgan fingerprint density at radius 2 is 1.54 bits per heavy atom. The smallest absolute Gasteiger partial charge is 0.133 e. The maximum atomic E-state index is 10.6. The molecule has 0 aromatic rings. The fourth-order valence-electron chi connectivity index (χ4n) is 0.962. The minimum Gasteiger partial charge on any atom is -0.300 e. The van der Waals surface area contributed by atoms with Gasteiger partial charge in [0.05, 0.1) is 0 Å². The van der Waals surface area contributed by atoms with E-state index < -0.39 is 0 Å². The molecule has 0 aliphatic heterocycles. The molecule has 1 heteroatoms. The highest BCUT2D eigenvalue weighted by atomic mass is 16.1. The van der Waals surface area contributed by atoms with E-state index in [1.165, 1.54) is 12.8 Å². The molecule has 0 bridgehead atoms. The second kappa shape index (κ2) is 9.24. The van der Waals surface area contributed by atoms with Crippen molar-refractivity contribution in [1.82, 2.24) is 0 Å². The molecule has 0 rings (SSSR count). The third kappa shape index (κ3) is 11.1. The van der Waals surface area contributed by atoms with Crippen molar-refractivity contribution < 1.29 is 4.79 Å². The molecular weight excluding hydrogens is 160 g/mol. The van der Waals surface area contributed by atoms with E-state index in [4.69, 9.17) is 0 Å². The zero-order valence-electron chi connectivity index (χ0n) is 8.75. The monoisotopic (exact) mass is 180 g/mol. The van der Waals surface area contributed by atoms with E-state index in [0.29, 0.717) is 6.42 Å². The van der Waals surface area contributed by atoms with Crippen molar-refractivity contribution in [3.63, 3.8) is 0 Å². The highest BCUT2D eigenvalue weighted by molar-refractivity contribution is 5.76. The van der Waals surface area contributed by atoms with Crippen LogP contribution in [0.1, 0.15) is 46.0 Å². The predicted octanol–water partition coefficient (Wildman–Crippen LogP) is 3.66. The van der Waals surface area contributed by atoms with Crippen LogP contribution < -0.4 is 0 Å². The zero-order valence-corrected chi connectivity index (χ0v) is 8.75. The van der Waals surface area contributed by atoms with Crippen LogP contribution in [0.15, 0.2) is 24.3 Å². The molecule has 1 nitrogen and oxygen atoms in total. The minimum atomic E-state index is 0.234. The normalized spacial score (nSPS) is 11.5. The third-order valence-electron chi connectivity index (χ3n) is 1.69. The van der Waals surface area contributed by atoms with E-state index in [2.05, 4.69) is 25.2 Å². The third-order valence-corrected chi connectivity index (χ3v) is 1.69. The average Bonchev–Trinajstić information content (AvgIpc) is 2.09. The van der Waals surface area contributed by atoms with Crippen LogP contribution in [0, 0.1) is 0 Å². The van der Waals surface area contributed by atoms with Crippen LogP contribution in [-0.2, 0) is 4.79 Å². The Labute approximate surface area is 81.5 Å². The van der Waals surface area contributed by atoms with Crippen LogP contribution in [0.2, 0.25) is 0 Å². The van der Waals surface area contributed by atoms with Crippen molar-refractivity contribution in [2.24, 2.45) is 0 Å². The number of hydrogen-bond acceptors (Lipinski definition) is 1. The van der Waals surface area contributed by atoms with E-state index in [-0.39, 0.29) is 5.78 Å². The Balaban J connectivity index is 3.24. The average molecular weight is 180 g/mol. The Bertz CT molecular complexity index is 178. The molecule has 0 amide bonds. The molecule has 0 saturated heterocycles. The number of rotatable bonds is 7. The summed E-state index contributed by atoms with van der Waals surface area (Å²) in [4.78, 5) is 10.6. The number of carbonyl (C=O) groups excluding carboxylic acids is 1. The lowest BCUT2D eigenvalue weighted by molar-refractivity contribution is -0.116. The summed E-state index contributed by atoms with van der Waals surface area (Å²) in [6.45, 7) is 3.79. The maximum absolute atomic E-state index is 10.6. The van der Waals surface area contributed by atoms with Crippen LogP contribution >= 0.6 is 0 Å². The van der Waals surface area contributed by atoms with Crippen molar-refractivity contribution in [3.05, 3.63) is 24.3 Å². The van der Waals surface area contributed by atoms with Gasteiger partial charge in [0.15, 0.2) is 0 Å². The largest absolute Gasteiger partial charge is 0.300 e. The number of carbonyl (C=O) groups is 1. The topological polar surface area (TPSA) is 17.1 Å². The Hall–Kier alpha value is -0.850. The summed E-state index contributed by atoms with van der Waals surface area (Å²) in [5.74, 6) is 0.234. The van der Waals surface area contributed by atoms with Gasteiger partial charge in [0.1, 0.15) is 5.78 Å². The van der Waals surface area contributed by atoms with Crippen LogP contribution in [0.4, 0.5) is 0 Å². The second-order valence-corrected chi connectivity index (χ2v) is 3.21. The van der Waals surface area contributed by atoms with E-state index in [9.17, 15) is 4.79 Å². The standard InChI is InChI=1S/C12H20O/c1-3-4-5-6-7-8-9-10-11-12(2)13/h5-6,9-10H,3-4,7-8,11H2,1-2H3. The summed E-state index contributed by atoms with van der Waals surface area (Å²) in [6, 6.07) is 0. The maximum Gasteiger partial charge on any atom is 0.133 e. The molecule has 0 aliphatic carbocycles. The van der Waals surface area contributed by atoms with Crippen molar-refractivity contribution in [2.45, 2.75) is 46.0 Å². The molecule has 0 radical (unpaired) electrons. The fourth-order valence-corrected chi connectivity index (χ4v) is 0.962. The van der Waals surface area contributed by atoms with E-state index in [1.54, 1.807) is 6.92 Å². The first-order chi connectivity index (χ1) is 6.27. The summed E-state index contributed by atoms with van der Waals surface area (Å²) in [7, 11) is 0. The lowest BCUT2D eigenvalue weighted by Gasteiger charge is -1.87. The number of allylic oxidation sites excluding steroid dienone is 4. The van der Waals surface area contributed by atoms with Crippen molar-refractivity contribution in [2.75, 3.05) is 0 Å². The van der Waals surface area contributed by atoms with E-state index in [1.807, 2.05) is 6.08 Å². The van der Waals surface area contributed by atoms with Gasteiger partial charge in [-0.25, -0.2) is 0 Å². The minimum absolute atomic E-state index is 0.234. The Kier molecular flexibility index (Phi) is 8.64. The molecule has 13 heavy (non-hydrogen) atoms. The Morgan fingerprint density at radius 3 is 2.08 bits per heavy atom. The predicted molar refractivity (Wildman–Crippen MR) is 57.7 cm³/mol. The molecule has 0 heterocycles. The molecule has 0 unspecified atom stereocenters. The summed E-state index contributed by atoms with van der Waals surface area (Å²) in [5, 5.41) is 0. The lowest BCUT2D eigenvalue weighted by atomic mass is 10.2. The zero-order chi connectivity index (χ0) is 9.94. The molecule has 0 aromatic heterocycles. The number of ketones is 1. The Morgan fingerprint density at radius 1 is 1.00 bits per heavy atom. The number of Topliss-reactive ketones (excluding diaryl/α,β-unsaturated/α-hetero) is 1. The van der Waals surface area contributed by atoms with Gasteiger partial charge in [-0.15, -0.1) is 0 Å².